The molecule has 86 valence electrons. The van der Waals surface area contributed by atoms with Crippen molar-refractivity contribution >= 4 is 11.1 Å². The van der Waals surface area contributed by atoms with Gasteiger partial charge in [0.15, 0.2) is 11.1 Å². The quantitative estimate of drug-likeness (QED) is 0.668. The molecule has 0 aromatic heterocycles. The van der Waals surface area contributed by atoms with E-state index in [9.17, 15) is 8.76 Å². The molecule has 0 aliphatic heterocycles. The topological polar surface area (TPSA) is 37.3 Å². The predicted molar refractivity (Wildman–Crippen MR) is 67.5 cm³/mol. The van der Waals surface area contributed by atoms with E-state index in [4.69, 9.17) is 0 Å². The van der Waals surface area contributed by atoms with Crippen LogP contribution >= 0.6 is 0 Å². The summed E-state index contributed by atoms with van der Waals surface area (Å²) in [5.74, 6) is 0. The molecule has 1 aliphatic carbocycles. The van der Waals surface area contributed by atoms with Crippen LogP contribution in [0.5, 0.6) is 0 Å². The highest BCUT2D eigenvalue weighted by Gasteiger charge is 2.19. The maximum absolute atomic E-state index is 11.3. The summed E-state index contributed by atoms with van der Waals surface area (Å²) < 4.78 is 20.6. The van der Waals surface area contributed by atoms with Gasteiger partial charge in [0.2, 0.25) is 0 Å². The molecule has 0 bridgehead atoms. The molecule has 0 heterocycles. The maximum Gasteiger partial charge on any atom is 0.186 e. The van der Waals surface area contributed by atoms with Gasteiger partial charge < -0.3 is 4.55 Å². The third-order valence-corrected chi connectivity index (χ3v) is 4.04. The highest BCUT2D eigenvalue weighted by atomic mass is 32.2. The van der Waals surface area contributed by atoms with E-state index in [0.29, 0.717) is 4.90 Å². The second-order valence-corrected chi connectivity index (χ2v) is 5.20. The Hall–Kier alpha value is -1.45. The molecule has 0 radical (unpaired) electrons. The third kappa shape index (κ3) is 1.81. The lowest BCUT2D eigenvalue weighted by Crippen LogP contribution is -2.10. The van der Waals surface area contributed by atoms with Crippen LogP contribution in [0.4, 0.5) is 0 Å². The van der Waals surface area contributed by atoms with Gasteiger partial charge in [0.05, 0.1) is 4.90 Å². The lowest BCUT2D eigenvalue weighted by molar-refractivity contribution is 0.563. The molecule has 3 heteroatoms. The van der Waals surface area contributed by atoms with Crippen molar-refractivity contribution in [1.29, 1.82) is 0 Å². The molecule has 2 aromatic carbocycles. The van der Waals surface area contributed by atoms with Crippen LogP contribution in [0.3, 0.4) is 0 Å². The van der Waals surface area contributed by atoms with Crippen LogP contribution in [0.2, 0.25) is 0 Å². The van der Waals surface area contributed by atoms with Crippen molar-refractivity contribution in [3.63, 3.8) is 0 Å². The van der Waals surface area contributed by atoms with Crippen LogP contribution in [0.15, 0.2) is 47.4 Å². The summed E-state index contributed by atoms with van der Waals surface area (Å²) in [5.41, 5.74) is 4.77. The van der Waals surface area contributed by atoms with Crippen LogP contribution in [0.25, 0.3) is 0 Å². The second-order valence-electron chi connectivity index (χ2n) is 4.27. The molecule has 1 unspecified atom stereocenters. The molecular weight excluding hydrogens is 232 g/mol. The largest absolute Gasteiger partial charge is 0.302 e. The fraction of sp³-hybridized carbons (Fsp3) is 0.143. The molecule has 2 nitrogen and oxygen atoms in total. The minimum absolute atomic E-state index is 0.553. The van der Waals surface area contributed by atoms with E-state index in [1.165, 1.54) is 16.7 Å². The van der Waals surface area contributed by atoms with Gasteiger partial charge in [-0.25, -0.2) is 4.21 Å². The normalized spacial score (nSPS) is 14.9. The lowest BCUT2D eigenvalue weighted by Gasteiger charge is -2.21. The van der Waals surface area contributed by atoms with Gasteiger partial charge in [-0.3, -0.25) is 0 Å². The zero-order valence-electron chi connectivity index (χ0n) is 9.22. The minimum Gasteiger partial charge on any atom is -0.302 e. The third-order valence-electron chi connectivity index (χ3n) is 3.28. The summed E-state index contributed by atoms with van der Waals surface area (Å²) in [7, 11) is 0. The average molecular weight is 244 g/mol. The smallest absolute Gasteiger partial charge is 0.186 e. The molecule has 0 spiro atoms. The van der Waals surface area contributed by atoms with E-state index in [1.54, 1.807) is 6.07 Å². The van der Waals surface area contributed by atoms with Gasteiger partial charge in [0.25, 0.3) is 0 Å². The average Bonchev–Trinajstić information content (AvgIpc) is 2.35. The number of hydrogen-bond acceptors (Lipinski definition) is 1. The van der Waals surface area contributed by atoms with Gasteiger partial charge in [-0.2, -0.15) is 0 Å². The molecule has 0 fully saturated rings. The first kappa shape index (κ1) is 10.7. The first-order valence-electron chi connectivity index (χ1n) is 5.54. The SMILES string of the molecule is O=S(O)c1cccc2c1Cc1ccccc1C2. The Bertz CT molecular complexity index is 605. The first-order chi connectivity index (χ1) is 8.25. The molecule has 0 amide bonds. The van der Waals surface area contributed by atoms with Crippen LogP contribution in [0, 0.1) is 0 Å². The van der Waals surface area contributed by atoms with Crippen molar-refractivity contribution in [2.24, 2.45) is 0 Å². The van der Waals surface area contributed by atoms with Gasteiger partial charge in [-0.05, 0) is 41.2 Å². The standard InChI is InChI=1S/C14H12O2S/c15-17(16)14-7-3-6-12-8-10-4-1-2-5-11(10)9-13(12)14/h1-7H,8-9H2,(H,15,16). The predicted octanol–water partition coefficient (Wildman–Crippen LogP) is 2.76. The summed E-state index contributed by atoms with van der Waals surface area (Å²) in [5, 5.41) is 0. The van der Waals surface area contributed by atoms with Crippen molar-refractivity contribution in [1.82, 2.24) is 0 Å². The van der Waals surface area contributed by atoms with Crippen molar-refractivity contribution in [3.8, 4) is 0 Å². The summed E-state index contributed by atoms with van der Waals surface area (Å²) in [6.07, 6.45) is 1.62. The molecule has 3 rings (SSSR count). The van der Waals surface area contributed by atoms with E-state index >= 15 is 0 Å². The fourth-order valence-corrected chi connectivity index (χ4v) is 3.05. The molecule has 17 heavy (non-hydrogen) atoms. The maximum atomic E-state index is 11.3. The lowest BCUT2D eigenvalue weighted by atomic mass is 9.86. The van der Waals surface area contributed by atoms with E-state index in [-0.39, 0.29) is 0 Å². The zero-order chi connectivity index (χ0) is 11.8. The molecule has 0 saturated carbocycles. The molecule has 1 N–H and O–H groups in total. The highest BCUT2D eigenvalue weighted by Crippen LogP contribution is 2.30. The molecule has 0 saturated heterocycles. The van der Waals surface area contributed by atoms with Crippen molar-refractivity contribution in [3.05, 3.63) is 64.7 Å². The van der Waals surface area contributed by atoms with E-state index in [2.05, 4.69) is 12.1 Å². The fourth-order valence-electron chi connectivity index (χ4n) is 2.44. The number of benzene rings is 2. The van der Waals surface area contributed by atoms with Gasteiger partial charge in [-0.15, -0.1) is 0 Å². The molecule has 1 atom stereocenters. The summed E-state index contributed by atoms with van der Waals surface area (Å²) in [6, 6.07) is 13.9. The Balaban J connectivity index is 2.15. The van der Waals surface area contributed by atoms with E-state index in [1.807, 2.05) is 24.3 Å². The van der Waals surface area contributed by atoms with Gasteiger partial charge >= 0.3 is 0 Å². The van der Waals surface area contributed by atoms with Crippen molar-refractivity contribution in [2.75, 3.05) is 0 Å². The Morgan fingerprint density at radius 1 is 0.882 bits per heavy atom. The molecule has 1 aliphatic rings. The highest BCUT2D eigenvalue weighted by molar-refractivity contribution is 7.79. The van der Waals surface area contributed by atoms with Gasteiger partial charge in [0, 0.05) is 0 Å². The number of hydrogen-bond donors (Lipinski definition) is 1. The summed E-state index contributed by atoms with van der Waals surface area (Å²) in [6.45, 7) is 0. The van der Waals surface area contributed by atoms with Gasteiger partial charge in [-0.1, -0.05) is 36.4 Å². The molecule has 2 aromatic rings. The van der Waals surface area contributed by atoms with Crippen LogP contribution in [-0.4, -0.2) is 8.76 Å². The zero-order valence-corrected chi connectivity index (χ0v) is 10.0. The Morgan fingerprint density at radius 3 is 2.24 bits per heavy atom. The number of fused-ring (bicyclic) bond motifs is 2. The van der Waals surface area contributed by atoms with Crippen molar-refractivity contribution < 1.29 is 8.76 Å². The monoisotopic (exact) mass is 244 g/mol. The van der Waals surface area contributed by atoms with Gasteiger partial charge in [0.1, 0.15) is 0 Å². The minimum atomic E-state index is -1.90. The van der Waals surface area contributed by atoms with E-state index < -0.39 is 11.1 Å². The van der Waals surface area contributed by atoms with Crippen LogP contribution in [0.1, 0.15) is 22.3 Å². The Labute approximate surface area is 103 Å². The second kappa shape index (κ2) is 4.09. The van der Waals surface area contributed by atoms with Crippen LogP contribution in [-0.2, 0) is 23.9 Å². The summed E-state index contributed by atoms with van der Waals surface area (Å²) >= 11 is -1.90. The first-order valence-corrected chi connectivity index (χ1v) is 6.65. The Morgan fingerprint density at radius 2 is 1.53 bits per heavy atom. The summed E-state index contributed by atoms with van der Waals surface area (Å²) in [4.78, 5) is 0.553. The van der Waals surface area contributed by atoms with E-state index in [0.717, 1.165) is 18.4 Å². The number of rotatable bonds is 1. The molecular formula is C14H12O2S. The van der Waals surface area contributed by atoms with Crippen LogP contribution < -0.4 is 0 Å². The Kier molecular flexibility index (Phi) is 2.57. The van der Waals surface area contributed by atoms with Crippen molar-refractivity contribution in [2.45, 2.75) is 17.7 Å².